The molecule has 2 amide bonds. The molecule has 5 nitrogen and oxygen atoms in total. The SMILES string of the molecule is CC1CCN(C(=O)c2cc(NC(=O)C3CCCC3)ccc2N2CCC(C)CC2)CC1. The molecule has 0 spiro atoms. The smallest absolute Gasteiger partial charge is 0.256 e. The van der Waals surface area contributed by atoms with Gasteiger partial charge in [0.2, 0.25) is 5.91 Å². The summed E-state index contributed by atoms with van der Waals surface area (Å²) >= 11 is 0. The summed E-state index contributed by atoms with van der Waals surface area (Å²) < 4.78 is 0. The average molecular weight is 412 g/mol. The maximum atomic E-state index is 13.5. The van der Waals surface area contributed by atoms with Gasteiger partial charge in [0.15, 0.2) is 0 Å². The molecule has 2 heterocycles. The van der Waals surface area contributed by atoms with E-state index in [1.54, 1.807) is 0 Å². The Morgan fingerprint density at radius 3 is 2.10 bits per heavy atom. The molecule has 1 aromatic carbocycles. The zero-order chi connectivity index (χ0) is 21.1. The first-order valence-electron chi connectivity index (χ1n) is 12.0. The summed E-state index contributed by atoms with van der Waals surface area (Å²) in [5.74, 6) is 1.78. The summed E-state index contributed by atoms with van der Waals surface area (Å²) in [6.45, 7) is 8.21. The maximum absolute atomic E-state index is 13.5. The number of hydrogen-bond donors (Lipinski definition) is 1. The number of nitrogens with one attached hydrogen (secondary N) is 1. The van der Waals surface area contributed by atoms with Crippen LogP contribution in [0.3, 0.4) is 0 Å². The average Bonchev–Trinajstić information content (AvgIpc) is 3.30. The third kappa shape index (κ3) is 4.81. The Labute approximate surface area is 181 Å². The molecule has 1 N–H and O–H groups in total. The second-order valence-corrected chi connectivity index (χ2v) is 9.85. The molecule has 4 rings (SSSR count). The van der Waals surface area contributed by atoms with Crippen LogP contribution in [0.4, 0.5) is 11.4 Å². The third-order valence-electron chi connectivity index (χ3n) is 7.42. The number of carbonyl (C=O) groups excluding carboxylic acids is 2. The Kier molecular flexibility index (Phi) is 6.64. The zero-order valence-corrected chi connectivity index (χ0v) is 18.7. The van der Waals surface area contributed by atoms with Crippen LogP contribution in [0.15, 0.2) is 18.2 Å². The van der Waals surface area contributed by atoms with Crippen LogP contribution in [-0.2, 0) is 4.79 Å². The molecule has 5 heteroatoms. The van der Waals surface area contributed by atoms with Gasteiger partial charge >= 0.3 is 0 Å². The van der Waals surface area contributed by atoms with E-state index in [0.29, 0.717) is 5.92 Å². The Morgan fingerprint density at radius 1 is 0.867 bits per heavy atom. The number of rotatable bonds is 4. The van der Waals surface area contributed by atoms with Gasteiger partial charge in [0.05, 0.1) is 5.56 Å². The van der Waals surface area contributed by atoms with Crippen molar-refractivity contribution in [3.63, 3.8) is 0 Å². The van der Waals surface area contributed by atoms with Gasteiger partial charge in [-0.05, 0) is 68.6 Å². The summed E-state index contributed by atoms with van der Waals surface area (Å²) in [4.78, 5) is 30.5. The Bertz CT molecular complexity index is 756. The lowest BCUT2D eigenvalue weighted by molar-refractivity contribution is -0.119. The minimum atomic E-state index is 0.109. The number of carbonyl (C=O) groups is 2. The highest BCUT2D eigenvalue weighted by atomic mass is 16.2. The van der Waals surface area contributed by atoms with E-state index in [1.165, 1.54) is 0 Å². The highest BCUT2D eigenvalue weighted by Crippen LogP contribution is 2.32. The summed E-state index contributed by atoms with van der Waals surface area (Å²) in [6.07, 6.45) is 8.70. The molecule has 1 aliphatic carbocycles. The van der Waals surface area contributed by atoms with E-state index in [-0.39, 0.29) is 17.7 Å². The topological polar surface area (TPSA) is 52.7 Å². The zero-order valence-electron chi connectivity index (χ0n) is 18.7. The van der Waals surface area contributed by atoms with E-state index in [4.69, 9.17) is 0 Å². The molecule has 2 aliphatic heterocycles. The highest BCUT2D eigenvalue weighted by molar-refractivity contribution is 6.02. The molecule has 0 bridgehead atoms. The standard InChI is InChI=1S/C25H37N3O2/c1-18-9-13-27(14-10-18)23-8-7-21(26-24(29)20-5-3-4-6-20)17-22(23)25(30)28-15-11-19(2)12-16-28/h7-8,17-20H,3-6,9-16H2,1-2H3,(H,26,29). The van der Waals surface area contributed by atoms with E-state index in [1.807, 2.05) is 17.0 Å². The molecule has 164 valence electrons. The van der Waals surface area contributed by atoms with Gasteiger partial charge in [-0.1, -0.05) is 26.7 Å². The quantitative estimate of drug-likeness (QED) is 0.765. The van der Waals surface area contributed by atoms with E-state index in [2.05, 4.69) is 30.1 Å². The van der Waals surface area contributed by atoms with Crippen molar-refractivity contribution in [2.75, 3.05) is 36.4 Å². The Balaban J connectivity index is 1.57. The van der Waals surface area contributed by atoms with Gasteiger partial charge in [0.1, 0.15) is 0 Å². The van der Waals surface area contributed by atoms with Crippen molar-refractivity contribution < 1.29 is 9.59 Å². The van der Waals surface area contributed by atoms with Crippen molar-refractivity contribution in [2.24, 2.45) is 17.8 Å². The predicted molar refractivity (Wildman–Crippen MR) is 122 cm³/mol. The fourth-order valence-electron chi connectivity index (χ4n) is 5.12. The lowest BCUT2D eigenvalue weighted by atomic mass is 9.96. The number of anilines is 2. The predicted octanol–water partition coefficient (Wildman–Crippen LogP) is 4.92. The Hall–Kier alpha value is -2.04. The second-order valence-electron chi connectivity index (χ2n) is 9.85. The van der Waals surface area contributed by atoms with E-state index < -0.39 is 0 Å². The first kappa shape index (κ1) is 21.2. The molecule has 2 saturated heterocycles. The van der Waals surface area contributed by atoms with E-state index in [9.17, 15) is 9.59 Å². The lowest BCUT2D eigenvalue weighted by Gasteiger charge is -2.35. The van der Waals surface area contributed by atoms with Crippen molar-refractivity contribution >= 4 is 23.2 Å². The number of likely N-dealkylation sites (tertiary alicyclic amines) is 1. The van der Waals surface area contributed by atoms with Crippen LogP contribution in [0, 0.1) is 17.8 Å². The third-order valence-corrected chi connectivity index (χ3v) is 7.42. The van der Waals surface area contributed by atoms with Gasteiger partial charge in [-0.3, -0.25) is 9.59 Å². The first-order valence-corrected chi connectivity index (χ1v) is 12.0. The van der Waals surface area contributed by atoms with Crippen molar-refractivity contribution in [2.45, 2.75) is 65.2 Å². The summed E-state index contributed by atoms with van der Waals surface area (Å²) in [5, 5.41) is 3.10. The number of benzene rings is 1. The fraction of sp³-hybridized carbons (Fsp3) is 0.680. The van der Waals surface area contributed by atoms with Gasteiger partial charge in [0, 0.05) is 43.5 Å². The van der Waals surface area contributed by atoms with Crippen LogP contribution in [0.5, 0.6) is 0 Å². The molecule has 0 aromatic heterocycles. The molecule has 3 fully saturated rings. The summed E-state index contributed by atoms with van der Waals surface area (Å²) in [5.41, 5.74) is 2.54. The number of piperidine rings is 2. The van der Waals surface area contributed by atoms with Crippen molar-refractivity contribution in [1.29, 1.82) is 0 Å². The minimum absolute atomic E-state index is 0.109. The minimum Gasteiger partial charge on any atom is -0.371 e. The van der Waals surface area contributed by atoms with Crippen molar-refractivity contribution in [3.05, 3.63) is 23.8 Å². The largest absolute Gasteiger partial charge is 0.371 e. The molecule has 30 heavy (non-hydrogen) atoms. The summed E-state index contributed by atoms with van der Waals surface area (Å²) in [6, 6.07) is 5.97. The van der Waals surface area contributed by atoms with Crippen LogP contribution in [0.2, 0.25) is 0 Å². The molecular weight excluding hydrogens is 374 g/mol. The second kappa shape index (κ2) is 9.40. The van der Waals surface area contributed by atoms with Crippen LogP contribution in [0.1, 0.15) is 75.6 Å². The normalized spacial score (nSPS) is 21.8. The number of hydrogen-bond acceptors (Lipinski definition) is 3. The molecule has 1 saturated carbocycles. The molecule has 3 aliphatic rings. The fourth-order valence-corrected chi connectivity index (χ4v) is 5.12. The van der Waals surface area contributed by atoms with Gasteiger partial charge in [-0.15, -0.1) is 0 Å². The Morgan fingerprint density at radius 2 is 1.47 bits per heavy atom. The maximum Gasteiger partial charge on any atom is 0.256 e. The van der Waals surface area contributed by atoms with Gasteiger partial charge in [0.25, 0.3) is 5.91 Å². The van der Waals surface area contributed by atoms with Gasteiger partial charge in [-0.2, -0.15) is 0 Å². The molecular formula is C25H37N3O2. The number of nitrogens with zero attached hydrogens (tertiary/aromatic N) is 2. The van der Waals surface area contributed by atoms with Crippen LogP contribution >= 0.6 is 0 Å². The van der Waals surface area contributed by atoms with E-state index in [0.717, 1.165) is 100 Å². The van der Waals surface area contributed by atoms with Crippen LogP contribution in [0.25, 0.3) is 0 Å². The molecule has 0 unspecified atom stereocenters. The summed E-state index contributed by atoms with van der Waals surface area (Å²) in [7, 11) is 0. The van der Waals surface area contributed by atoms with Crippen molar-refractivity contribution in [1.82, 2.24) is 4.90 Å². The lowest BCUT2D eigenvalue weighted by Crippen LogP contribution is -2.40. The van der Waals surface area contributed by atoms with Gasteiger partial charge < -0.3 is 15.1 Å². The van der Waals surface area contributed by atoms with Gasteiger partial charge in [-0.25, -0.2) is 0 Å². The van der Waals surface area contributed by atoms with E-state index >= 15 is 0 Å². The molecule has 0 radical (unpaired) electrons. The molecule has 1 aromatic rings. The molecule has 0 atom stereocenters. The van der Waals surface area contributed by atoms with Crippen molar-refractivity contribution in [3.8, 4) is 0 Å². The van der Waals surface area contributed by atoms with Crippen LogP contribution in [-0.4, -0.2) is 42.9 Å². The van der Waals surface area contributed by atoms with Crippen LogP contribution < -0.4 is 10.2 Å². The first-order chi connectivity index (χ1) is 14.5. The highest BCUT2D eigenvalue weighted by Gasteiger charge is 2.28. The number of amides is 2. The monoisotopic (exact) mass is 411 g/mol.